The summed E-state index contributed by atoms with van der Waals surface area (Å²) in [4.78, 5) is 16.2. The van der Waals surface area contributed by atoms with Crippen molar-refractivity contribution in [1.82, 2.24) is 15.1 Å². The van der Waals surface area contributed by atoms with E-state index in [0.717, 1.165) is 38.9 Å². The highest BCUT2D eigenvalue weighted by Gasteiger charge is 2.38. The van der Waals surface area contributed by atoms with Crippen molar-refractivity contribution in [3.05, 3.63) is 0 Å². The van der Waals surface area contributed by atoms with E-state index >= 15 is 0 Å². The van der Waals surface area contributed by atoms with Crippen LogP contribution in [-0.2, 0) is 4.79 Å². The monoisotopic (exact) mass is 299 g/mol. The number of hydrogen-bond donors (Lipinski definition) is 2. The topological polar surface area (TPSA) is 55.8 Å². The Hall–Kier alpha value is -0.650. The lowest BCUT2D eigenvalue weighted by molar-refractivity contribution is -0.144. The van der Waals surface area contributed by atoms with Crippen molar-refractivity contribution in [2.75, 3.05) is 33.7 Å². The summed E-state index contributed by atoms with van der Waals surface area (Å²) in [6, 6.07) is 0.915. The van der Waals surface area contributed by atoms with Crippen molar-refractivity contribution in [3.63, 3.8) is 0 Å². The molecule has 0 spiro atoms. The summed E-state index contributed by atoms with van der Waals surface area (Å²) in [5.74, 6) is -0.723. The standard InChI is InChI=1S/C16H33N3O2/c1-6-19(13(2)12-18(4)5)11-7-10-16(3,15(20)21)17-14-8-9-14/h13-14,17H,6-12H2,1-5H3,(H,20,21). The largest absolute Gasteiger partial charge is 0.480 e. The Morgan fingerprint density at radius 1 is 1.43 bits per heavy atom. The lowest BCUT2D eigenvalue weighted by atomic mass is 9.95. The molecule has 0 heterocycles. The van der Waals surface area contributed by atoms with E-state index in [4.69, 9.17) is 0 Å². The van der Waals surface area contributed by atoms with Crippen LogP contribution in [0.5, 0.6) is 0 Å². The van der Waals surface area contributed by atoms with Crippen molar-refractivity contribution in [1.29, 1.82) is 0 Å². The molecule has 0 amide bonds. The summed E-state index contributed by atoms with van der Waals surface area (Å²) >= 11 is 0. The molecular weight excluding hydrogens is 266 g/mol. The van der Waals surface area contributed by atoms with Crippen LogP contribution in [0.1, 0.15) is 46.5 Å². The van der Waals surface area contributed by atoms with Crippen LogP contribution in [0.25, 0.3) is 0 Å². The highest BCUT2D eigenvalue weighted by molar-refractivity contribution is 5.78. The number of rotatable bonds is 11. The summed E-state index contributed by atoms with van der Waals surface area (Å²) < 4.78 is 0. The summed E-state index contributed by atoms with van der Waals surface area (Å²) in [5.41, 5.74) is -0.772. The van der Waals surface area contributed by atoms with E-state index in [2.05, 4.69) is 43.1 Å². The second-order valence-electron chi connectivity index (χ2n) is 6.90. The second kappa shape index (κ2) is 8.11. The Balaban J connectivity index is 2.42. The molecular formula is C16H33N3O2. The van der Waals surface area contributed by atoms with E-state index in [0.29, 0.717) is 18.5 Å². The minimum Gasteiger partial charge on any atom is -0.480 e. The SMILES string of the molecule is CCN(CCCC(C)(NC1CC1)C(=O)O)C(C)CN(C)C. The maximum Gasteiger partial charge on any atom is 0.323 e. The zero-order valence-corrected chi connectivity index (χ0v) is 14.4. The molecule has 0 saturated heterocycles. The van der Waals surface area contributed by atoms with E-state index in [9.17, 15) is 9.90 Å². The van der Waals surface area contributed by atoms with Crippen molar-refractivity contribution in [2.45, 2.75) is 64.1 Å². The van der Waals surface area contributed by atoms with E-state index in [-0.39, 0.29) is 0 Å². The third kappa shape index (κ3) is 6.32. The Morgan fingerprint density at radius 2 is 2.05 bits per heavy atom. The molecule has 0 aliphatic heterocycles. The molecule has 21 heavy (non-hydrogen) atoms. The summed E-state index contributed by atoms with van der Waals surface area (Å²) in [7, 11) is 4.18. The van der Waals surface area contributed by atoms with Crippen molar-refractivity contribution in [2.24, 2.45) is 0 Å². The van der Waals surface area contributed by atoms with Gasteiger partial charge >= 0.3 is 5.97 Å². The third-order valence-corrected chi connectivity index (χ3v) is 4.35. The van der Waals surface area contributed by atoms with Gasteiger partial charge in [0.25, 0.3) is 0 Å². The number of hydrogen-bond acceptors (Lipinski definition) is 4. The van der Waals surface area contributed by atoms with Gasteiger partial charge in [0.1, 0.15) is 5.54 Å². The Kier molecular flexibility index (Phi) is 7.10. The van der Waals surface area contributed by atoms with Gasteiger partial charge in [0.05, 0.1) is 0 Å². The Bertz CT molecular complexity index is 331. The summed E-state index contributed by atoms with van der Waals surface area (Å²) in [5, 5.41) is 12.8. The van der Waals surface area contributed by atoms with E-state index in [1.54, 1.807) is 0 Å². The van der Waals surface area contributed by atoms with Gasteiger partial charge < -0.3 is 10.0 Å². The first kappa shape index (κ1) is 18.4. The van der Waals surface area contributed by atoms with Gasteiger partial charge in [-0.3, -0.25) is 15.0 Å². The number of carboxylic acids is 1. The van der Waals surface area contributed by atoms with Crippen molar-refractivity contribution in [3.8, 4) is 0 Å². The van der Waals surface area contributed by atoms with E-state index in [1.807, 2.05) is 6.92 Å². The van der Waals surface area contributed by atoms with Gasteiger partial charge in [0.2, 0.25) is 0 Å². The molecule has 1 rings (SSSR count). The first-order chi connectivity index (χ1) is 9.78. The third-order valence-electron chi connectivity index (χ3n) is 4.35. The molecule has 1 aliphatic carbocycles. The average Bonchev–Trinajstić information content (AvgIpc) is 3.17. The van der Waals surface area contributed by atoms with Gasteiger partial charge in [-0.1, -0.05) is 6.92 Å². The number of nitrogens with zero attached hydrogens (tertiary/aromatic N) is 2. The van der Waals surface area contributed by atoms with Crippen LogP contribution >= 0.6 is 0 Å². The molecule has 1 saturated carbocycles. The predicted molar refractivity (Wildman–Crippen MR) is 86.7 cm³/mol. The highest BCUT2D eigenvalue weighted by atomic mass is 16.4. The maximum atomic E-state index is 11.5. The van der Waals surface area contributed by atoms with Gasteiger partial charge in [-0.25, -0.2) is 0 Å². The maximum absolute atomic E-state index is 11.5. The van der Waals surface area contributed by atoms with E-state index in [1.165, 1.54) is 0 Å². The minimum absolute atomic E-state index is 0.418. The number of aliphatic carboxylic acids is 1. The minimum atomic E-state index is -0.772. The Labute approximate surface area is 129 Å². The molecule has 0 radical (unpaired) electrons. The van der Waals surface area contributed by atoms with E-state index < -0.39 is 11.5 Å². The zero-order chi connectivity index (χ0) is 16.0. The van der Waals surface area contributed by atoms with Crippen molar-refractivity contribution >= 4 is 5.97 Å². The van der Waals surface area contributed by atoms with Crippen LogP contribution in [0.4, 0.5) is 0 Å². The molecule has 5 heteroatoms. The van der Waals surface area contributed by atoms with Crippen LogP contribution < -0.4 is 5.32 Å². The second-order valence-corrected chi connectivity index (χ2v) is 6.90. The molecule has 5 nitrogen and oxygen atoms in total. The molecule has 2 atom stereocenters. The molecule has 1 fully saturated rings. The molecule has 2 unspecified atom stereocenters. The van der Waals surface area contributed by atoms with Gasteiger partial charge in [-0.15, -0.1) is 0 Å². The first-order valence-electron chi connectivity index (χ1n) is 8.18. The van der Waals surface area contributed by atoms with Crippen LogP contribution in [0, 0.1) is 0 Å². The molecule has 1 aliphatic rings. The van der Waals surface area contributed by atoms with Crippen LogP contribution in [-0.4, -0.2) is 72.2 Å². The lowest BCUT2D eigenvalue weighted by Gasteiger charge is -2.32. The van der Waals surface area contributed by atoms with Gasteiger partial charge in [-0.2, -0.15) is 0 Å². The number of nitrogens with one attached hydrogen (secondary N) is 1. The summed E-state index contributed by atoms with van der Waals surface area (Å²) in [6.45, 7) is 9.24. The summed E-state index contributed by atoms with van der Waals surface area (Å²) in [6.07, 6.45) is 3.83. The predicted octanol–water partition coefficient (Wildman–Crippen LogP) is 1.63. The molecule has 0 aromatic carbocycles. The molecule has 2 N–H and O–H groups in total. The van der Waals surface area contributed by atoms with Gasteiger partial charge in [-0.05, 0) is 66.7 Å². The number of carbonyl (C=O) groups is 1. The first-order valence-corrected chi connectivity index (χ1v) is 8.18. The van der Waals surface area contributed by atoms with Crippen LogP contribution in [0.15, 0.2) is 0 Å². The normalized spacial score (nSPS) is 19.8. The average molecular weight is 299 g/mol. The Morgan fingerprint density at radius 3 is 2.48 bits per heavy atom. The zero-order valence-electron chi connectivity index (χ0n) is 14.4. The van der Waals surface area contributed by atoms with Crippen LogP contribution in [0.2, 0.25) is 0 Å². The quantitative estimate of drug-likeness (QED) is 0.607. The lowest BCUT2D eigenvalue weighted by Crippen LogP contribution is -2.51. The smallest absolute Gasteiger partial charge is 0.323 e. The van der Waals surface area contributed by atoms with Crippen LogP contribution in [0.3, 0.4) is 0 Å². The molecule has 0 bridgehead atoms. The highest BCUT2D eigenvalue weighted by Crippen LogP contribution is 2.25. The number of likely N-dealkylation sites (N-methyl/N-ethyl adjacent to an activating group) is 2. The molecule has 0 aromatic rings. The number of carboxylic acid groups (broad SMARTS) is 1. The fourth-order valence-corrected chi connectivity index (χ4v) is 2.89. The fourth-order valence-electron chi connectivity index (χ4n) is 2.89. The molecule has 124 valence electrons. The fraction of sp³-hybridized carbons (Fsp3) is 0.938. The van der Waals surface area contributed by atoms with Crippen molar-refractivity contribution < 1.29 is 9.90 Å². The molecule has 0 aromatic heterocycles. The van der Waals surface area contributed by atoms with Gasteiger partial charge in [0.15, 0.2) is 0 Å². The van der Waals surface area contributed by atoms with Gasteiger partial charge in [0, 0.05) is 18.6 Å².